The molecule has 3 heterocycles. The van der Waals surface area contributed by atoms with Crippen molar-refractivity contribution in [1.29, 1.82) is 0 Å². The van der Waals surface area contributed by atoms with Gasteiger partial charge >= 0.3 is 0 Å². The molecule has 8 nitrogen and oxygen atoms in total. The van der Waals surface area contributed by atoms with Crippen LogP contribution in [0.1, 0.15) is 5.82 Å². The lowest BCUT2D eigenvalue weighted by Crippen LogP contribution is -2.25. The van der Waals surface area contributed by atoms with Gasteiger partial charge in [0, 0.05) is 13.2 Å². The zero-order valence-electron chi connectivity index (χ0n) is 10.9. The number of sulfonamides is 1. The molecule has 1 N–H and O–H groups in total. The Morgan fingerprint density at radius 3 is 2.90 bits per heavy atom. The standard InChI is InChI=1S/C11H11ClN6O2S/c1-17-7-13-8(16-17)6-14-21(19,20)11-10(12)15-9-4-2-3-5-18(9)11/h2-5,7,14H,6H2,1H3. The quantitative estimate of drug-likeness (QED) is 0.757. The van der Waals surface area contributed by atoms with Gasteiger partial charge in [-0.05, 0) is 12.1 Å². The van der Waals surface area contributed by atoms with Gasteiger partial charge in [-0.2, -0.15) is 5.10 Å². The van der Waals surface area contributed by atoms with Gasteiger partial charge in [-0.1, -0.05) is 17.7 Å². The van der Waals surface area contributed by atoms with Crippen LogP contribution in [0.5, 0.6) is 0 Å². The van der Waals surface area contributed by atoms with Crippen molar-refractivity contribution in [2.45, 2.75) is 11.6 Å². The molecule has 0 aliphatic rings. The number of imidazole rings is 1. The van der Waals surface area contributed by atoms with Crippen LogP contribution in [0.2, 0.25) is 5.15 Å². The largest absolute Gasteiger partial charge is 0.288 e. The molecule has 0 fully saturated rings. The number of aryl methyl sites for hydroxylation is 1. The van der Waals surface area contributed by atoms with Crippen LogP contribution >= 0.6 is 11.6 Å². The predicted molar refractivity (Wildman–Crippen MR) is 75.2 cm³/mol. The molecular weight excluding hydrogens is 316 g/mol. The summed E-state index contributed by atoms with van der Waals surface area (Å²) in [5, 5.41) is 3.82. The van der Waals surface area contributed by atoms with E-state index in [1.807, 2.05) is 0 Å². The Kier molecular flexibility index (Phi) is 3.40. The van der Waals surface area contributed by atoms with Crippen LogP contribution in [0, 0.1) is 0 Å². The van der Waals surface area contributed by atoms with Crippen molar-refractivity contribution in [3.8, 4) is 0 Å². The van der Waals surface area contributed by atoms with Crippen LogP contribution in [0.4, 0.5) is 0 Å². The molecule has 21 heavy (non-hydrogen) atoms. The first-order valence-corrected chi connectivity index (χ1v) is 7.80. The maximum Gasteiger partial charge on any atom is 0.260 e. The summed E-state index contributed by atoms with van der Waals surface area (Å²) in [5.41, 5.74) is 0.457. The molecule has 0 radical (unpaired) electrons. The molecule has 0 atom stereocenters. The molecule has 0 saturated carbocycles. The Morgan fingerprint density at radius 1 is 1.38 bits per heavy atom. The molecule has 10 heteroatoms. The van der Waals surface area contributed by atoms with E-state index >= 15 is 0 Å². The number of halogens is 1. The molecule has 0 spiro atoms. The Bertz CT molecular complexity index is 900. The van der Waals surface area contributed by atoms with Gasteiger partial charge in [0.15, 0.2) is 16.0 Å². The fraction of sp³-hybridized carbons (Fsp3) is 0.182. The Balaban J connectivity index is 1.95. The normalized spacial score (nSPS) is 12.1. The van der Waals surface area contributed by atoms with Gasteiger partial charge in [-0.3, -0.25) is 9.08 Å². The van der Waals surface area contributed by atoms with Crippen molar-refractivity contribution in [3.05, 3.63) is 41.7 Å². The van der Waals surface area contributed by atoms with Crippen LogP contribution in [0.3, 0.4) is 0 Å². The van der Waals surface area contributed by atoms with E-state index in [1.165, 1.54) is 15.4 Å². The molecule has 3 aromatic heterocycles. The van der Waals surface area contributed by atoms with Gasteiger partial charge in [-0.15, -0.1) is 0 Å². The summed E-state index contributed by atoms with van der Waals surface area (Å²) in [6.45, 7) is -0.0282. The predicted octanol–water partition coefficient (Wildman–Crippen LogP) is 0.595. The lowest BCUT2D eigenvalue weighted by atomic mass is 10.5. The molecule has 0 unspecified atom stereocenters. The number of rotatable bonds is 4. The minimum absolute atomic E-state index is 0.0282. The summed E-state index contributed by atoms with van der Waals surface area (Å²) in [4.78, 5) is 7.97. The van der Waals surface area contributed by atoms with Gasteiger partial charge < -0.3 is 0 Å². The third-order valence-corrected chi connectivity index (χ3v) is 4.57. The molecule has 0 amide bonds. The number of fused-ring (bicyclic) bond motifs is 1. The summed E-state index contributed by atoms with van der Waals surface area (Å²) < 4.78 is 30.1. The van der Waals surface area contributed by atoms with Crippen LogP contribution in [0.25, 0.3) is 5.65 Å². The number of hydrogen-bond acceptors (Lipinski definition) is 5. The van der Waals surface area contributed by atoms with Crippen molar-refractivity contribution in [3.63, 3.8) is 0 Å². The third kappa shape index (κ3) is 2.62. The molecule has 3 aromatic rings. The summed E-state index contributed by atoms with van der Waals surface area (Å²) >= 11 is 5.95. The van der Waals surface area contributed by atoms with Crippen molar-refractivity contribution in [2.75, 3.05) is 0 Å². The van der Waals surface area contributed by atoms with Crippen LogP contribution in [0.15, 0.2) is 35.7 Å². The van der Waals surface area contributed by atoms with Crippen molar-refractivity contribution < 1.29 is 8.42 Å². The first-order chi connectivity index (χ1) is 9.97. The number of aromatic nitrogens is 5. The van der Waals surface area contributed by atoms with Crippen molar-refractivity contribution >= 4 is 27.3 Å². The Labute approximate surface area is 125 Å². The maximum absolute atomic E-state index is 12.4. The topological polar surface area (TPSA) is 94.2 Å². The van der Waals surface area contributed by atoms with E-state index in [-0.39, 0.29) is 16.7 Å². The Morgan fingerprint density at radius 2 is 2.19 bits per heavy atom. The highest BCUT2D eigenvalue weighted by atomic mass is 35.5. The lowest BCUT2D eigenvalue weighted by molar-refractivity contribution is 0.573. The average Bonchev–Trinajstić information content (AvgIpc) is 2.99. The highest BCUT2D eigenvalue weighted by Gasteiger charge is 2.24. The van der Waals surface area contributed by atoms with E-state index in [9.17, 15) is 8.42 Å². The SMILES string of the molecule is Cn1cnc(CNS(=O)(=O)c2c(Cl)nc3ccccn23)n1. The monoisotopic (exact) mass is 326 g/mol. The fourth-order valence-corrected chi connectivity index (χ4v) is 3.50. The fourth-order valence-electron chi connectivity index (χ4n) is 1.88. The first-order valence-electron chi connectivity index (χ1n) is 5.94. The molecule has 110 valence electrons. The summed E-state index contributed by atoms with van der Waals surface area (Å²) in [6.07, 6.45) is 3.08. The third-order valence-electron chi connectivity index (χ3n) is 2.77. The lowest BCUT2D eigenvalue weighted by Gasteiger charge is -2.05. The number of nitrogens with one attached hydrogen (secondary N) is 1. The summed E-state index contributed by atoms with van der Waals surface area (Å²) in [6, 6.07) is 5.12. The number of hydrogen-bond donors (Lipinski definition) is 1. The van der Waals surface area contributed by atoms with Crippen LogP contribution in [-0.4, -0.2) is 32.6 Å². The van der Waals surface area contributed by atoms with E-state index in [1.54, 1.807) is 31.4 Å². The zero-order valence-corrected chi connectivity index (χ0v) is 12.5. The number of pyridine rings is 1. The number of nitrogens with zero attached hydrogens (tertiary/aromatic N) is 5. The highest BCUT2D eigenvalue weighted by molar-refractivity contribution is 7.89. The van der Waals surface area contributed by atoms with E-state index in [2.05, 4.69) is 19.8 Å². The average molecular weight is 327 g/mol. The molecule has 0 bridgehead atoms. The van der Waals surface area contributed by atoms with E-state index in [0.717, 1.165) is 0 Å². The van der Waals surface area contributed by atoms with Gasteiger partial charge in [0.2, 0.25) is 0 Å². The van der Waals surface area contributed by atoms with Crippen LogP contribution in [-0.2, 0) is 23.6 Å². The van der Waals surface area contributed by atoms with Gasteiger partial charge in [0.25, 0.3) is 10.0 Å². The first kappa shape index (κ1) is 14.0. The zero-order chi connectivity index (χ0) is 15.0. The second-order valence-corrected chi connectivity index (χ2v) is 6.34. The second-order valence-electron chi connectivity index (χ2n) is 4.30. The minimum Gasteiger partial charge on any atom is -0.288 e. The molecular formula is C11H11ClN6O2S. The molecule has 0 aromatic carbocycles. The Hall–Kier alpha value is -1.97. The molecule has 0 saturated heterocycles. The molecule has 3 rings (SSSR count). The van der Waals surface area contributed by atoms with Crippen molar-refractivity contribution in [2.24, 2.45) is 7.05 Å². The van der Waals surface area contributed by atoms with Crippen molar-refractivity contribution in [1.82, 2.24) is 28.9 Å². The van der Waals surface area contributed by atoms with Crippen LogP contribution < -0.4 is 4.72 Å². The maximum atomic E-state index is 12.4. The molecule has 0 aliphatic carbocycles. The second kappa shape index (κ2) is 5.10. The smallest absolute Gasteiger partial charge is 0.260 e. The highest BCUT2D eigenvalue weighted by Crippen LogP contribution is 2.22. The summed E-state index contributed by atoms with van der Waals surface area (Å²) in [7, 11) is -2.13. The van der Waals surface area contributed by atoms with E-state index in [4.69, 9.17) is 11.6 Å². The van der Waals surface area contributed by atoms with Gasteiger partial charge in [0.1, 0.15) is 12.0 Å². The molecule has 0 aliphatic heterocycles. The summed E-state index contributed by atoms with van der Waals surface area (Å²) in [5.74, 6) is 0.367. The minimum atomic E-state index is -3.83. The van der Waals surface area contributed by atoms with Gasteiger partial charge in [-0.25, -0.2) is 23.1 Å². The van der Waals surface area contributed by atoms with E-state index < -0.39 is 10.0 Å². The van der Waals surface area contributed by atoms with E-state index in [0.29, 0.717) is 11.5 Å². The van der Waals surface area contributed by atoms with Gasteiger partial charge in [0.05, 0.1) is 6.54 Å².